The lowest BCUT2D eigenvalue weighted by atomic mass is 9.94. The van der Waals surface area contributed by atoms with E-state index in [4.69, 9.17) is 32.7 Å². The van der Waals surface area contributed by atoms with Gasteiger partial charge in [-0.25, -0.2) is 9.18 Å². The molecule has 1 N–H and O–H groups in total. The van der Waals surface area contributed by atoms with Gasteiger partial charge in [-0.2, -0.15) is 0 Å². The molecular formula is C31H30Cl2FNO4. The summed E-state index contributed by atoms with van der Waals surface area (Å²) in [6.45, 7) is 2.05. The maximum atomic E-state index is 14.2. The molecule has 1 aliphatic carbocycles. The highest BCUT2D eigenvalue weighted by atomic mass is 35.5. The van der Waals surface area contributed by atoms with Crippen LogP contribution in [0.15, 0.2) is 60.7 Å². The Labute approximate surface area is 237 Å². The zero-order chi connectivity index (χ0) is 27.8. The van der Waals surface area contributed by atoms with E-state index in [-0.39, 0.29) is 31.4 Å². The van der Waals surface area contributed by atoms with Gasteiger partial charge in [-0.15, -0.1) is 11.6 Å². The molecule has 8 heteroatoms. The molecule has 4 rings (SSSR count). The summed E-state index contributed by atoms with van der Waals surface area (Å²) in [6, 6.07) is 17.2. The van der Waals surface area contributed by atoms with Gasteiger partial charge in [-0.05, 0) is 91.8 Å². The van der Waals surface area contributed by atoms with Crippen LogP contribution in [0.2, 0.25) is 5.02 Å². The van der Waals surface area contributed by atoms with E-state index in [0.717, 1.165) is 41.5 Å². The van der Waals surface area contributed by atoms with Crippen molar-refractivity contribution in [2.24, 2.45) is 0 Å². The van der Waals surface area contributed by atoms with Crippen molar-refractivity contribution in [3.05, 3.63) is 93.8 Å². The van der Waals surface area contributed by atoms with Crippen molar-refractivity contribution in [1.29, 1.82) is 0 Å². The average Bonchev–Trinajstić information content (AvgIpc) is 3.42. The van der Waals surface area contributed by atoms with Gasteiger partial charge in [0.25, 0.3) is 0 Å². The first-order chi connectivity index (χ1) is 18.9. The summed E-state index contributed by atoms with van der Waals surface area (Å²) in [6.07, 6.45) is 3.26. The summed E-state index contributed by atoms with van der Waals surface area (Å²) in [5.41, 5.74) is 4.99. The summed E-state index contributed by atoms with van der Waals surface area (Å²) < 4.78 is 25.5. The van der Waals surface area contributed by atoms with Gasteiger partial charge in [0.2, 0.25) is 5.91 Å². The summed E-state index contributed by atoms with van der Waals surface area (Å²) in [5, 5.41) is 3.44. The molecule has 0 saturated carbocycles. The zero-order valence-corrected chi connectivity index (χ0v) is 23.2. The lowest BCUT2D eigenvalue weighted by Crippen LogP contribution is -2.13. The van der Waals surface area contributed by atoms with Crippen molar-refractivity contribution in [1.82, 2.24) is 0 Å². The molecule has 39 heavy (non-hydrogen) atoms. The molecule has 204 valence electrons. The standard InChI is InChI=1S/C31H30Cl2FNO4/c1-2-38-31(37)22-15-21(16-24(17-22)35-30(36)11-6-14-32)25-8-5-9-26(25)27-18-23(33)12-13-29(27)39-19-20-7-3-4-10-28(20)34/h3-4,7,10,12-13,15-18H,2,5-6,8-9,11,14,19H2,1H3,(H,35,36). The van der Waals surface area contributed by atoms with Crippen LogP contribution in [0.25, 0.3) is 11.1 Å². The molecule has 0 fully saturated rings. The Kier molecular flexibility index (Phi) is 10.0. The lowest BCUT2D eigenvalue weighted by Gasteiger charge is -2.16. The molecule has 0 unspecified atom stereocenters. The third-order valence-corrected chi connectivity index (χ3v) is 6.94. The van der Waals surface area contributed by atoms with Crippen molar-refractivity contribution in [2.45, 2.75) is 45.6 Å². The highest BCUT2D eigenvalue weighted by molar-refractivity contribution is 6.30. The van der Waals surface area contributed by atoms with E-state index in [1.807, 2.05) is 12.1 Å². The number of allylic oxidation sites excluding steroid dienone is 2. The smallest absolute Gasteiger partial charge is 0.338 e. The van der Waals surface area contributed by atoms with E-state index >= 15 is 0 Å². The van der Waals surface area contributed by atoms with Crippen LogP contribution in [0.3, 0.4) is 0 Å². The second-order valence-corrected chi connectivity index (χ2v) is 10.0. The Hall–Kier alpha value is -3.35. The number of hydrogen-bond donors (Lipinski definition) is 1. The number of rotatable bonds is 11. The molecular weight excluding hydrogens is 540 g/mol. The van der Waals surface area contributed by atoms with Crippen LogP contribution < -0.4 is 10.1 Å². The molecule has 5 nitrogen and oxygen atoms in total. The molecule has 0 spiro atoms. The van der Waals surface area contributed by atoms with Gasteiger partial charge in [-0.1, -0.05) is 29.8 Å². The van der Waals surface area contributed by atoms with Crippen molar-refractivity contribution in [3.8, 4) is 5.75 Å². The second kappa shape index (κ2) is 13.6. The van der Waals surface area contributed by atoms with E-state index in [2.05, 4.69) is 5.32 Å². The van der Waals surface area contributed by atoms with Crippen LogP contribution in [0.1, 0.15) is 66.1 Å². The second-order valence-electron chi connectivity index (χ2n) is 9.19. The Morgan fingerprint density at radius 1 is 1.03 bits per heavy atom. The fourth-order valence-electron chi connectivity index (χ4n) is 4.65. The molecule has 1 amide bonds. The van der Waals surface area contributed by atoms with Crippen LogP contribution in [0.5, 0.6) is 5.75 Å². The van der Waals surface area contributed by atoms with E-state index in [1.165, 1.54) is 6.07 Å². The van der Waals surface area contributed by atoms with Gasteiger partial charge < -0.3 is 14.8 Å². The number of hydrogen-bond acceptors (Lipinski definition) is 4. The number of halogens is 3. The maximum absolute atomic E-state index is 14.2. The molecule has 1 aliphatic rings. The van der Waals surface area contributed by atoms with Crippen LogP contribution >= 0.6 is 23.2 Å². The number of carbonyl (C=O) groups excluding carboxylic acids is 2. The highest BCUT2D eigenvalue weighted by Crippen LogP contribution is 2.44. The van der Waals surface area contributed by atoms with Crippen LogP contribution in [-0.2, 0) is 16.1 Å². The van der Waals surface area contributed by atoms with E-state index in [0.29, 0.717) is 39.9 Å². The molecule has 0 saturated heterocycles. The minimum atomic E-state index is -0.465. The van der Waals surface area contributed by atoms with Crippen molar-refractivity contribution in [2.75, 3.05) is 17.8 Å². The number of benzene rings is 3. The Balaban J connectivity index is 1.73. The number of carbonyl (C=O) groups is 2. The normalized spacial score (nSPS) is 12.9. The van der Waals surface area contributed by atoms with Gasteiger partial charge in [0.15, 0.2) is 0 Å². The molecule has 0 aliphatic heterocycles. The fraction of sp³-hybridized carbons (Fsp3) is 0.290. The molecule has 0 radical (unpaired) electrons. The SMILES string of the molecule is CCOC(=O)c1cc(NC(=O)CCCCl)cc(C2=C(c3cc(Cl)ccc3OCc3ccccc3F)CCC2)c1. The maximum Gasteiger partial charge on any atom is 0.338 e. The van der Waals surface area contributed by atoms with E-state index in [9.17, 15) is 14.0 Å². The Bertz CT molecular complexity index is 1390. The monoisotopic (exact) mass is 569 g/mol. The number of amides is 1. The van der Waals surface area contributed by atoms with Gasteiger partial charge in [0, 0.05) is 34.1 Å². The first-order valence-electron chi connectivity index (χ1n) is 13.0. The predicted molar refractivity (Wildman–Crippen MR) is 154 cm³/mol. The summed E-state index contributed by atoms with van der Waals surface area (Å²) >= 11 is 12.1. The van der Waals surface area contributed by atoms with Gasteiger partial charge >= 0.3 is 5.97 Å². The van der Waals surface area contributed by atoms with Crippen molar-refractivity contribution < 1.29 is 23.5 Å². The fourth-order valence-corrected chi connectivity index (χ4v) is 4.96. The molecule has 0 heterocycles. The predicted octanol–water partition coefficient (Wildman–Crippen LogP) is 8.29. The third-order valence-electron chi connectivity index (χ3n) is 6.44. The van der Waals surface area contributed by atoms with Crippen molar-refractivity contribution >= 4 is 51.9 Å². The van der Waals surface area contributed by atoms with Gasteiger partial charge in [0.1, 0.15) is 18.2 Å². The number of esters is 1. The number of anilines is 1. The largest absolute Gasteiger partial charge is 0.488 e. The lowest BCUT2D eigenvalue weighted by molar-refractivity contribution is -0.116. The highest BCUT2D eigenvalue weighted by Gasteiger charge is 2.23. The molecule has 3 aromatic carbocycles. The van der Waals surface area contributed by atoms with E-state index in [1.54, 1.807) is 49.4 Å². The summed E-state index contributed by atoms with van der Waals surface area (Å²) in [4.78, 5) is 25.1. The number of nitrogens with one attached hydrogen (secondary N) is 1. The molecule has 3 aromatic rings. The molecule has 0 aromatic heterocycles. The van der Waals surface area contributed by atoms with E-state index < -0.39 is 5.97 Å². The summed E-state index contributed by atoms with van der Waals surface area (Å²) in [5.74, 6) is 0.00589. The minimum Gasteiger partial charge on any atom is -0.488 e. The number of alkyl halides is 1. The first kappa shape index (κ1) is 28.7. The van der Waals surface area contributed by atoms with Gasteiger partial charge in [0.05, 0.1) is 12.2 Å². The quantitative estimate of drug-likeness (QED) is 0.186. The van der Waals surface area contributed by atoms with Crippen LogP contribution in [0.4, 0.5) is 10.1 Å². The number of ether oxygens (including phenoxy) is 2. The zero-order valence-electron chi connectivity index (χ0n) is 21.7. The Morgan fingerprint density at radius 2 is 1.82 bits per heavy atom. The summed E-state index contributed by atoms with van der Waals surface area (Å²) in [7, 11) is 0. The third kappa shape index (κ3) is 7.40. The van der Waals surface area contributed by atoms with Crippen LogP contribution in [-0.4, -0.2) is 24.4 Å². The molecule has 0 atom stereocenters. The average molecular weight is 570 g/mol. The molecule has 0 bridgehead atoms. The van der Waals surface area contributed by atoms with Crippen LogP contribution in [0, 0.1) is 5.82 Å². The minimum absolute atomic E-state index is 0.0702. The van der Waals surface area contributed by atoms with Crippen molar-refractivity contribution in [3.63, 3.8) is 0 Å². The Morgan fingerprint density at radius 3 is 2.59 bits per heavy atom. The topological polar surface area (TPSA) is 64.6 Å². The first-order valence-corrected chi connectivity index (χ1v) is 13.9. The van der Waals surface area contributed by atoms with Gasteiger partial charge in [-0.3, -0.25) is 4.79 Å².